The molecule has 236 valence electrons. The number of allylic oxidation sites excluding steroid dienone is 3. The van der Waals surface area contributed by atoms with Gasteiger partial charge in [-0.15, -0.1) is 0 Å². The second kappa shape index (κ2) is 13.1. The van der Waals surface area contributed by atoms with Gasteiger partial charge in [-0.1, -0.05) is 26.5 Å². The van der Waals surface area contributed by atoms with Crippen LogP contribution in [-0.4, -0.2) is 63.8 Å². The summed E-state index contributed by atoms with van der Waals surface area (Å²) < 4.78 is 39.4. The summed E-state index contributed by atoms with van der Waals surface area (Å²) in [7, 11) is 0. The molecule has 1 amide bonds. The number of amides is 1. The Bertz CT molecular complexity index is 1780. The minimum Gasteiger partial charge on any atom is -0.490 e. The van der Waals surface area contributed by atoms with Crippen LogP contribution >= 0.6 is 0 Å². The van der Waals surface area contributed by atoms with E-state index in [2.05, 4.69) is 23.3 Å². The lowest BCUT2D eigenvalue weighted by Gasteiger charge is -2.40. The molecule has 4 heterocycles. The normalized spacial score (nSPS) is 19.3. The number of piperazine rings is 1. The Morgan fingerprint density at radius 1 is 1.18 bits per heavy atom. The van der Waals surface area contributed by atoms with E-state index in [1.54, 1.807) is 17.2 Å². The van der Waals surface area contributed by atoms with Crippen LogP contribution in [0.5, 0.6) is 5.75 Å². The van der Waals surface area contributed by atoms with E-state index in [1.165, 1.54) is 28.8 Å². The zero-order chi connectivity index (χ0) is 32.4. The Hall–Kier alpha value is -4.67. The highest BCUT2D eigenvalue weighted by Crippen LogP contribution is 2.38. The van der Waals surface area contributed by atoms with Crippen molar-refractivity contribution in [2.45, 2.75) is 59.1 Å². The number of anilines is 1. The van der Waals surface area contributed by atoms with Crippen molar-refractivity contribution in [2.24, 2.45) is 10.9 Å². The molecule has 1 fully saturated rings. The number of aliphatic imine (C=N–C) groups is 1. The van der Waals surface area contributed by atoms with Crippen LogP contribution in [0.25, 0.3) is 28.0 Å². The Balaban J connectivity index is 1.87. The Labute approximate surface area is 261 Å². The molecule has 0 N–H and O–H groups in total. The molecule has 2 aliphatic rings. The summed E-state index contributed by atoms with van der Waals surface area (Å²) >= 11 is 0. The van der Waals surface area contributed by atoms with Gasteiger partial charge in [-0.3, -0.25) is 9.79 Å². The van der Waals surface area contributed by atoms with Gasteiger partial charge in [0.1, 0.15) is 23.1 Å². The van der Waals surface area contributed by atoms with Gasteiger partial charge >= 0.3 is 5.69 Å². The maximum Gasteiger partial charge on any atom is 0.355 e. The zero-order valence-corrected chi connectivity index (χ0v) is 26.1. The highest BCUT2D eigenvalue weighted by molar-refractivity contribution is 5.92. The van der Waals surface area contributed by atoms with Crippen LogP contribution < -0.4 is 15.3 Å². The van der Waals surface area contributed by atoms with Gasteiger partial charge in [-0.25, -0.2) is 23.1 Å². The summed E-state index contributed by atoms with van der Waals surface area (Å²) in [6.45, 7) is 15.9. The first-order valence-corrected chi connectivity index (χ1v) is 15.2. The molecule has 1 aromatic carbocycles. The van der Waals surface area contributed by atoms with Gasteiger partial charge in [0.2, 0.25) is 5.91 Å². The minimum atomic E-state index is -0.785. The summed E-state index contributed by atoms with van der Waals surface area (Å²) in [5.41, 5.74) is 0.605. The smallest absolute Gasteiger partial charge is 0.355 e. The maximum atomic E-state index is 16.2. The molecule has 2 aromatic heterocycles. The van der Waals surface area contributed by atoms with Crippen molar-refractivity contribution in [1.29, 1.82) is 0 Å². The molecule has 3 aromatic rings. The summed E-state index contributed by atoms with van der Waals surface area (Å²) in [6, 6.07) is 5.35. The van der Waals surface area contributed by atoms with Gasteiger partial charge in [-0.05, 0) is 81.7 Å². The number of rotatable bonds is 5. The molecule has 1 saturated heterocycles. The van der Waals surface area contributed by atoms with Gasteiger partial charge in [0.05, 0.1) is 17.1 Å². The van der Waals surface area contributed by atoms with E-state index >= 15 is 8.78 Å². The van der Waals surface area contributed by atoms with E-state index in [0.717, 1.165) is 5.57 Å². The first-order valence-electron chi connectivity index (χ1n) is 15.2. The summed E-state index contributed by atoms with van der Waals surface area (Å²) in [4.78, 5) is 43.2. The number of aromatic nitrogens is 3. The van der Waals surface area contributed by atoms with Crippen molar-refractivity contribution in [1.82, 2.24) is 19.4 Å². The van der Waals surface area contributed by atoms with E-state index in [0.29, 0.717) is 44.6 Å². The predicted octanol–water partition coefficient (Wildman–Crippen LogP) is 5.99. The Kier molecular flexibility index (Phi) is 9.27. The summed E-state index contributed by atoms with van der Waals surface area (Å²) in [5, 5.41) is 0.288. The molecule has 0 unspecified atom stereocenters. The second-order valence-corrected chi connectivity index (χ2v) is 11.8. The number of fused-ring (bicyclic) bond motifs is 3. The average molecular weight is 617 g/mol. The third-order valence-corrected chi connectivity index (χ3v) is 8.28. The number of pyridine rings is 1. The van der Waals surface area contributed by atoms with Gasteiger partial charge in [0, 0.05) is 37.6 Å². The molecule has 0 spiro atoms. The fourth-order valence-electron chi connectivity index (χ4n) is 6.22. The quantitative estimate of drug-likeness (QED) is 0.258. The molecule has 0 saturated carbocycles. The maximum absolute atomic E-state index is 16.2. The Morgan fingerprint density at radius 2 is 1.96 bits per heavy atom. The minimum absolute atomic E-state index is 0.115. The second-order valence-electron chi connectivity index (χ2n) is 11.8. The number of carbonyl (C=O) groups is 1. The molecule has 45 heavy (non-hydrogen) atoms. The van der Waals surface area contributed by atoms with Crippen molar-refractivity contribution >= 4 is 35.2 Å². The van der Waals surface area contributed by atoms with E-state index in [-0.39, 0.29) is 57.8 Å². The molecule has 11 heteroatoms. The number of halogens is 2. The van der Waals surface area contributed by atoms with Crippen molar-refractivity contribution in [3.63, 3.8) is 0 Å². The van der Waals surface area contributed by atoms with Crippen LogP contribution in [0.1, 0.15) is 47.0 Å². The number of hydrogen-bond acceptors (Lipinski definition) is 7. The summed E-state index contributed by atoms with van der Waals surface area (Å²) in [6.07, 6.45) is 6.22. The largest absolute Gasteiger partial charge is 0.490 e. The van der Waals surface area contributed by atoms with Gasteiger partial charge in [-0.2, -0.15) is 4.98 Å². The number of hydrogen-bond donors (Lipinski definition) is 0. The fraction of sp³-hybridized carbons (Fsp3) is 0.382. The Morgan fingerprint density at radius 3 is 2.64 bits per heavy atom. The lowest BCUT2D eigenvalue weighted by Crippen LogP contribution is -2.54. The lowest BCUT2D eigenvalue weighted by atomic mass is 9.98. The SMILES string of the molecule is C=CC(=O)N1CCN(c2nc(=O)n3c4nc(c(F)cc24)-c2c(F)cccc2O[C@H](C)CCCC(/C=C\N=C)=C3C(C)C)[C@@H](C)C1. The summed E-state index contributed by atoms with van der Waals surface area (Å²) in [5.74, 6) is -1.44. The van der Waals surface area contributed by atoms with Crippen LogP contribution in [0.15, 0.2) is 64.6 Å². The van der Waals surface area contributed by atoms with Crippen LogP contribution in [0.3, 0.4) is 0 Å². The molecule has 2 aliphatic heterocycles. The molecule has 2 atom stereocenters. The van der Waals surface area contributed by atoms with Gasteiger partial charge in [0.25, 0.3) is 0 Å². The monoisotopic (exact) mass is 616 g/mol. The third kappa shape index (κ3) is 6.16. The molecular formula is C34H38F2N6O3. The van der Waals surface area contributed by atoms with E-state index < -0.39 is 17.3 Å². The fourth-order valence-corrected chi connectivity index (χ4v) is 6.22. The van der Waals surface area contributed by atoms with Gasteiger partial charge < -0.3 is 14.5 Å². The highest BCUT2D eigenvalue weighted by atomic mass is 19.1. The van der Waals surface area contributed by atoms with Crippen molar-refractivity contribution < 1.29 is 18.3 Å². The molecule has 5 rings (SSSR count). The third-order valence-electron chi connectivity index (χ3n) is 8.28. The first kappa shape index (κ1) is 31.7. The van der Waals surface area contributed by atoms with Crippen molar-refractivity contribution in [3.05, 3.63) is 76.9 Å². The van der Waals surface area contributed by atoms with Crippen molar-refractivity contribution in [3.8, 4) is 17.0 Å². The molecule has 0 radical (unpaired) electrons. The van der Waals surface area contributed by atoms with Crippen LogP contribution in [0, 0.1) is 17.6 Å². The van der Waals surface area contributed by atoms with Gasteiger partial charge in [0.15, 0.2) is 11.5 Å². The number of ether oxygens (including phenoxy) is 1. The molecule has 9 nitrogen and oxygen atoms in total. The lowest BCUT2D eigenvalue weighted by molar-refractivity contribution is -0.126. The zero-order valence-electron chi connectivity index (χ0n) is 26.1. The van der Waals surface area contributed by atoms with E-state index in [1.807, 2.05) is 38.7 Å². The van der Waals surface area contributed by atoms with E-state index in [9.17, 15) is 9.59 Å². The molecule has 0 aliphatic carbocycles. The number of benzene rings is 1. The first-order chi connectivity index (χ1) is 21.5. The van der Waals surface area contributed by atoms with E-state index in [4.69, 9.17) is 9.72 Å². The van der Waals surface area contributed by atoms with Crippen LogP contribution in [-0.2, 0) is 4.79 Å². The average Bonchev–Trinajstić information content (AvgIpc) is 3.00. The van der Waals surface area contributed by atoms with Crippen molar-refractivity contribution in [2.75, 3.05) is 24.5 Å². The van der Waals surface area contributed by atoms with Crippen LogP contribution in [0.2, 0.25) is 0 Å². The molecular weight excluding hydrogens is 578 g/mol. The standard InChI is InChI=1S/C34H38F2N6O3/c1-7-28(43)40-16-17-41(21(4)19-40)32-24-18-26(36)30-29-25(35)12-9-13-27(29)45-22(5)10-8-11-23(14-15-37-6)31(20(2)3)42(33(24)38-30)34(44)39-32/h7,9,12-15,18,20-22H,1,6,8,10-11,16-17,19H2,2-5H3/b15-14-,31-23?/t21-,22+/m0/s1. The molecule has 2 bridgehead atoms. The number of carbonyl (C=O) groups excluding carboxylic acids is 1. The van der Waals surface area contributed by atoms with Crippen LogP contribution in [0.4, 0.5) is 14.6 Å². The predicted molar refractivity (Wildman–Crippen MR) is 173 cm³/mol. The number of nitrogens with zero attached hydrogens (tertiary/aromatic N) is 6. The topological polar surface area (TPSA) is 92.9 Å². The highest BCUT2D eigenvalue weighted by Gasteiger charge is 2.31.